The Morgan fingerprint density at radius 3 is 2.09 bits per heavy atom. The number of Topliss-reactive ketones (excluding diaryl/α,β-unsaturated/α-hetero) is 1. The molecule has 130 valence electrons. The molecule has 1 heterocycles. The molecule has 0 N–H and O–H groups in total. The highest BCUT2D eigenvalue weighted by Crippen LogP contribution is 2.56. The van der Waals surface area contributed by atoms with Crippen LogP contribution in [0.4, 0.5) is 13.2 Å². The van der Waals surface area contributed by atoms with Crippen molar-refractivity contribution in [3.8, 4) is 0 Å². The molecule has 1 saturated heterocycles. The number of hydrogen-bond donors (Lipinski definition) is 0. The molecule has 0 bridgehead atoms. The highest BCUT2D eigenvalue weighted by atomic mass is 32.3. The molecule has 0 amide bonds. The van der Waals surface area contributed by atoms with E-state index in [1.807, 2.05) is 0 Å². The largest absolute Gasteiger partial charge is 0.523 e. The first-order chi connectivity index (χ1) is 10.2. The average Bonchev–Trinajstić information content (AvgIpc) is 2.91. The molecule has 0 radical (unpaired) electrons. The van der Waals surface area contributed by atoms with Crippen molar-refractivity contribution < 1.29 is 30.0 Å². The Morgan fingerprint density at radius 1 is 1.05 bits per heavy atom. The van der Waals surface area contributed by atoms with Gasteiger partial charge in [0.25, 0.3) is 0 Å². The fourth-order valence-corrected chi connectivity index (χ4v) is 8.37. The molecule has 1 saturated carbocycles. The number of halogens is 3. The molecule has 0 aromatic heterocycles. The van der Waals surface area contributed by atoms with Crippen LogP contribution in [0.3, 0.4) is 0 Å². The van der Waals surface area contributed by atoms with Crippen LogP contribution >= 0.6 is 10.3 Å². The zero-order valence-corrected chi connectivity index (χ0v) is 13.9. The zero-order valence-electron chi connectivity index (χ0n) is 12.2. The minimum Gasteiger partial charge on any atom is -0.298 e. The first kappa shape index (κ1) is 18.1. The summed E-state index contributed by atoms with van der Waals surface area (Å²) in [6.07, 6.45) is 5.45. The third-order valence-corrected chi connectivity index (χ3v) is 9.58. The lowest BCUT2D eigenvalue weighted by molar-refractivity contribution is -0.120. The van der Waals surface area contributed by atoms with Gasteiger partial charge >= 0.3 is 15.6 Å². The maximum Gasteiger partial charge on any atom is 0.523 e. The van der Waals surface area contributed by atoms with E-state index in [0.29, 0.717) is 12.8 Å². The molecule has 0 atom stereocenters. The van der Waals surface area contributed by atoms with Gasteiger partial charge in [0.05, 0.1) is 5.75 Å². The van der Waals surface area contributed by atoms with Gasteiger partial charge < -0.3 is 0 Å². The molecule has 2 fully saturated rings. The van der Waals surface area contributed by atoms with Crippen LogP contribution in [0.2, 0.25) is 0 Å². The van der Waals surface area contributed by atoms with E-state index in [-0.39, 0.29) is 29.0 Å². The Morgan fingerprint density at radius 2 is 1.59 bits per heavy atom. The van der Waals surface area contributed by atoms with E-state index in [0.717, 1.165) is 32.1 Å². The summed E-state index contributed by atoms with van der Waals surface area (Å²) in [5.74, 6) is 0.129. The van der Waals surface area contributed by atoms with Crippen molar-refractivity contribution in [3.63, 3.8) is 0 Å². The van der Waals surface area contributed by atoms with Crippen LogP contribution in [0.1, 0.15) is 44.9 Å². The van der Waals surface area contributed by atoms with Gasteiger partial charge in [-0.05, 0) is 25.7 Å². The van der Waals surface area contributed by atoms with Crippen molar-refractivity contribution in [1.29, 1.82) is 0 Å². The lowest BCUT2D eigenvalue weighted by Crippen LogP contribution is -2.34. The Hall–Kier alpha value is -0.280. The summed E-state index contributed by atoms with van der Waals surface area (Å²) in [5.41, 5.74) is -5.43. The second kappa shape index (κ2) is 6.68. The Bertz CT molecular complexity index is 504. The van der Waals surface area contributed by atoms with Crippen molar-refractivity contribution in [2.24, 2.45) is 5.92 Å². The predicted molar refractivity (Wildman–Crippen MR) is 79.1 cm³/mol. The summed E-state index contributed by atoms with van der Waals surface area (Å²) in [6.45, 7) is 0. The monoisotopic (exact) mass is 362 g/mol. The molecule has 4 nitrogen and oxygen atoms in total. The number of carbonyl (C=O) groups excluding carboxylic acids is 1. The third kappa shape index (κ3) is 4.17. The van der Waals surface area contributed by atoms with Gasteiger partial charge in [-0.2, -0.15) is 21.6 Å². The second-order valence-corrected chi connectivity index (χ2v) is 10.9. The van der Waals surface area contributed by atoms with Gasteiger partial charge in [0.2, 0.25) is 0 Å². The van der Waals surface area contributed by atoms with Gasteiger partial charge in [0.1, 0.15) is 5.78 Å². The number of rotatable bonds is 5. The van der Waals surface area contributed by atoms with E-state index in [1.165, 1.54) is 0 Å². The SMILES string of the molecule is O=C(CS1(OS(=O)(=O)C(F)(F)F)CCCCC1)C1CCCC1. The minimum atomic E-state index is -5.64. The van der Waals surface area contributed by atoms with Crippen LogP contribution in [0.15, 0.2) is 0 Å². The van der Waals surface area contributed by atoms with Crippen molar-refractivity contribution >= 4 is 26.2 Å². The summed E-state index contributed by atoms with van der Waals surface area (Å²) in [4.78, 5) is 12.3. The molecule has 0 aromatic rings. The highest BCUT2D eigenvalue weighted by Gasteiger charge is 2.51. The van der Waals surface area contributed by atoms with Gasteiger partial charge in [-0.15, -0.1) is 10.3 Å². The summed E-state index contributed by atoms with van der Waals surface area (Å²) >= 11 is 0. The fraction of sp³-hybridized carbons (Fsp3) is 0.923. The lowest BCUT2D eigenvalue weighted by Gasteiger charge is -2.41. The smallest absolute Gasteiger partial charge is 0.298 e. The quantitative estimate of drug-likeness (QED) is 0.702. The topological polar surface area (TPSA) is 60.4 Å². The van der Waals surface area contributed by atoms with Gasteiger partial charge in [0.15, 0.2) is 0 Å². The van der Waals surface area contributed by atoms with Crippen molar-refractivity contribution in [2.45, 2.75) is 50.5 Å². The molecule has 0 aromatic carbocycles. The maximum absolute atomic E-state index is 12.6. The Labute approximate surface area is 130 Å². The lowest BCUT2D eigenvalue weighted by atomic mass is 10.0. The molecule has 0 spiro atoms. The predicted octanol–water partition coefficient (Wildman–Crippen LogP) is 3.52. The number of ketones is 1. The van der Waals surface area contributed by atoms with E-state index in [4.69, 9.17) is 0 Å². The normalized spacial score (nSPS) is 25.0. The van der Waals surface area contributed by atoms with Gasteiger partial charge in [-0.25, -0.2) is 3.63 Å². The van der Waals surface area contributed by atoms with E-state index < -0.39 is 25.9 Å². The number of carbonyl (C=O) groups is 1. The molecule has 1 aliphatic carbocycles. The van der Waals surface area contributed by atoms with Crippen LogP contribution in [0.5, 0.6) is 0 Å². The number of alkyl halides is 3. The fourth-order valence-electron chi connectivity index (χ4n) is 3.10. The van der Waals surface area contributed by atoms with Crippen LogP contribution in [-0.4, -0.2) is 37.0 Å². The van der Waals surface area contributed by atoms with Crippen molar-refractivity contribution in [2.75, 3.05) is 17.3 Å². The average molecular weight is 362 g/mol. The summed E-state index contributed by atoms with van der Waals surface area (Å²) in [7, 11) is -8.17. The molecule has 2 rings (SSSR count). The minimum absolute atomic E-state index is 0.119. The van der Waals surface area contributed by atoms with Crippen molar-refractivity contribution in [3.05, 3.63) is 0 Å². The maximum atomic E-state index is 12.6. The molecule has 9 heteroatoms. The van der Waals surface area contributed by atoms with Gasteiger partial charge in [-0.3, -0.25) is 4.79 Å². The van der Waals surface area contributed by atoms with Crippen LogP contribution in [0.25, 0.3) is 0 Å². The molecular formula is C13H21F3O4S2. The Kier molecular flexibility index (Phi) is 5.49. The molecule has 22 heavy (non-hydrogen) atoms. The van der Waals surface area contributed by atoms with E-state index >= 15 is 0 Å². The van der Waals surface area contributed by atoms with Crippen LogP contribution < -0.4 is 0 Å². The highest BCUT2D eigenvalue weighted by molar-refractivity contribution is 8.33. The van der Waals surface area contributed by atoms with E-state index in [9.17, 15) is 26.4 Å². The molecule has 0 unspecified atom stereocenters. The van der Waals surface area contributed by atoms with Gasteiger partial charge in [-0.1, -0.05) is 19.3 Å². The summed E-state index contributed by atoms with van der Waals surface area (Å²) < 4.78 is 65.3. The first-order valence-electron chi connectivity index (χ1n) is 7.47. The zero-order chi connectivity index (χ0) is 16.4. The van der Waals surface area contributed by atoms with Crippen LogP contribution in [0, 0.1) is 5.92 Å². The molecular weight excluding hydrogens is 341 g/mol. The van der Waals surface area contributed by atoms with Crippen LogP contribution in [-0.2, 0) is 18.5 Å². The van der Waals surface area contributed by atoms with Gasteiger partial charge in [0, 0.05) is 17.4 Å². The molecule has 2 aliphatic rings. The summed E-state index contributed by atoms with van der Waals surface area (Å²) in [6, 6.07) is 0. The summed E-state index contributed by atoms with van der Waals surface area (Å²) in [5, 5.41) is 0. The first-order valence-corrected chi connectivity index (χ1v) is 10.9. The van der Waals surface area contributed by atoms with E-state index in [2.05, 4.69) is 3.63 Å². The number of hydrogen-bond acceptors (Lipinski definition) is 4. The molecule has 1 aliphatic heterocycles. The second-order valence-electron chi connectivity index (χ2n) is 5.99. The standard InChI is InChI=1S/C13H21F3O4S2/c14-13(15,16)22(18,19)20-21(8-4-1-5-9-21)10-12(17)11-6-2-3-7-11/h11H,1-10H2. The third-order valence-electron chi connectivity index (χ3n) is 4.27. The van der Waals surface area contributed by atoms with Crippen molar-refractivity contribution in [1.82, 2.24) is 0 Å². The Balaban J connectivity index is 2.15. The van der Waals surface area contributed by atoms with E-state index in [1.54, 1.807) is 0 Å².